The van der Waals surface area contributed by atoms with E-state index in [-0.39, 0.29) is 24.0 Å². The third kappa shape index (κ3) is 4.40. The van der Waals surface area contributed by atoms with Crippen molar-refractivity contribution in [1.82, 2.24) is 14.9 Å². The summed E-state index contributed by atoms with van der Waals surface area (Å²) in [5, 5.41) is 11.7. The number of fused-ring (bicyclic) bond motifs is 1. The smallest absolute Gasteiger partial charge is 0.449 e. The van der Waals surface area contributed by atoms with Crippen molar-refractivity contribution < 1.29 is 27.9 Å². The zero-order chi connectivity index (χ0) is 20.6. The van der Waals surface area contributed by atoms with Crippen LogP contribution in [0.2, 0.25) is 0 Å². The van der Waals surface area contributed by atoms with E-state index in [0.717, 1.165) is 4.57 Å². The normalized spacial score (nSPS) is 12.6. The van der Waals surface area contributed by atoms with Gasteiger partial charge >= 0.3 is 12.1 Å². The van der Waals surface area contributed by atoms with E-state index in [9.17, 15) is 22.8 Å². The Balaban J connectivity index is 2.26. The standard InChI is InChI=1S/C18H22F3N3O3/c1-10(2)24-13-6-5-11(9-12(13)23-15(24)18(19,20)21)14(25)22-8-7-17(3,4)16(26)27/h5-6,9-10H,7-8H2,1-4H3,(H,22,25)(H,26,27). The van der Waals surface area contributed by atoms with Crippen LogP contribution in [0.1, 0.15) is 56.3 Å². The van der Waals surface area contributed by atoms with E-state index < -0.39 is 35.3 Å². The number of carbonyl (C=O) groups is 2. The quantitative estimate of drug-likeness (QED) is 0.791. The van der Waals surface area contributed by atoms with Gasteiger partial charge in [0.2, 0.25) is 5.82 Å². The van der Waals surface area contributed by atoms with E-state index in [2.05, 4.69) is 10.3 Å². The Bertz CT molecular complexity index is 870. The van der Waals surface area contributed by atoms with Crippen LogP contribution in [0, 0.1) is 5.41 Å². The van der Waals surface area contributed by atoms with Gasteiger partial charge in [0.25, 0.3) is 5.91 Å². The van der Waals surface area contributed by atoms with Gasteiger partial charge in [0.1, 0.15) is 0 Å². The number of nitrogens with zero attached hydrogens (tertiary/aromatic N) is 2. The minimum atomic E-state index is -4.60. The lowest BCUT2D eigenvalue weighted by molar-refractivity contribution is -0.148. The first-order chi connectivity index (χ1) is 12.3. The lowest BCUT2D eigenvalue weighted by atomic mass is 9.90. The van der Waals surface area contributed by atoms with Crippen LogP contribution in [-0.4, -0.2) is 33.1 Å². The highest BCUT2D eigenvalue weighted by Crippen LogP contribution is 2.33. The Morgan fingerprint density at radius 2 is 1.89 bits per heavy atom. The molecule has 1 aromatic heterocycles. The number of halogens is 3. The molecule has 0 radical (unpaired) electrons. The molecule has 1 aromatic carbocycles. The predicted octanol–water partition coefficient (Wildman–Crippen LogP) is 3.87. The Morgan fingerprint density at radius 3 is 2.41 bits per heavy atom. The molecule has 6 nitrogen and oxygen atoms in total. The van der Waals surface area contributed by atoms with Crippen LogP contribution in [0.25, 0.3) is 11.0 Å². The number of carbonyl (C=O) groups excluding carboxylic acids is 1. The summed E-state index contributed by atoms with van der Waals surface area (Å²) >= 11 is 0. The second kappa shape index (κ2) is 7.21. The monoisotopic (exact) mass is 385 g/mol. The van der Waals surface area contributed by atoms with Crippen molar-refractivity contribution >= 4 is 22.9 Å². The molecule has 0 unspecified atom stereocenters. The summed E-state index contributed by atoms with van der Waals surface area (Å²) in [6, 6.07) is 3.72. The molecule has 2 aromatic rings. The number of benzene rings is 1. The van der Waals surface area contributed by atoms with E-state index >= 15 is 0 Å². The summed E-state index contributed by atoms with van der Waals surface area (Å²) in [5.74, 6) is -2.48. The van der Waals surface area contributed by atoms with Gasteiger partial charge in [-0.25, -0.2) is 4.98 Å². The molecule has 27 heavy (non-hydrogen) atoms. The van der Waals surface area contributed by atoms with Crippen LogP contribution < -0.4 is 5.32 Å². The summed E-state index contributed by atoms with van der Waals surface area (Å²) in [7, 11) is 0. The minimum absolute atomic E-state index is 0.0783. The number of hydrogen-bond donors (Lipinski definition) is 2. The molecule has 148 valence electrons. The van der Waals surface area contributed by atoms with Gasteiger partial charge in [-0.1, -0.05) is 0 Å². The zero-order valence-electron chi connectivity index (χ0n) is 15.5. The molecule has 1 heterocycles. The number of aromatic nitrogens is 2. The predicted molar refractivity (Wildman–Crippen MR) is 93.5 cm³/mol. The summed E-state index contributed by atoms with van der Waals surface area (Å²) in [4.78, 5) is 27.0. The maximum atomic E-state index is 13.2. The SMILES string of the molecule is CC(C)n1c(C(F)(F)F)nc2cc(C(=O)NCCC(C)(C)C(=O)O)ccc21. The summed E-state index contributed by atoms with van der Waals surface area (Å²) in [6.07, 6.45) is -4.38. The zero-order valence-corrected chi connectivity index (χ0v) is 15.5. The van der Waals surface area contributed by atoms with Gasteiger partial charge in [-0.05, 0) is 52.3 Å². The fraction of sp³-hybridized carbons (Fsp3) is 0.500. The third-order valence-corrected chi connectivity index (χ3v) is 4.34. The molecule has 0 saturated carbocycles. The van der Waals surface area contributed by atoms with Gasteiger partial charge in [0.15, 0.2) is 0 Å². The molecule has 0 spiro atoms. The van der Waals surface area contributed by atoms with Crippen LogP contribution in [0.5, 0.6) is 0 Å². The molecule has 0 fully saturated rings. The molecule has 0 bridgehead atoms. The first-order valence-electron chi connectivity index (χ1n) is 8.45. The fourth-order valence-electron chi connectivity index (χ4n) is 2.66. The first-order valence-corrected chi connectivity index (χ1v) is 8.45. The van der Waals surface area contributed by atoms with Crippen LogP contribution in [0.4, 0.5) is 13.2 Å². The number of hydrogen-bond acceptors (Lipinski definition) is 3. The largest absolute Gasteiger partial charge is 0.481 e. The van der Waals surface area contributed by atoms with Gasteiger partial charge in [-0.3, -0.25) is 9.59 Å². The first kappa shape index (κ1) is 20.7. The lowest BCUT2D eigenvalue weighted by Gasteiger charge is -2.18. The van der Waals surface area contributed by atoms with E-state index in [1.165, 1.54) is 18.2 Å². The number of alkyl halides is 3. The molecule has 0 aliphatic carbocycles. The van der Waals surface area contributed by atoms with Gasteiger partial charge in [0.05, 0.1) is 16.4 Å². The second-order valence-corrected chi connectivity index (χ2v) is 7.30. The Labute approximate surface area is 154 Å². The number of amides is 1. The van der Waals surface area contributed by atoms with Crippen LogP contribution in [-0.2, 0) is 11.0 Å². The number of aliphatic carboxylic acids is 1. The van der Waals surface area contributed by atoms with Crippen molar-refractivity contribution in [3.8, 4) is 0 Å². The molecule has 0 saturated heterocycles. The summed E-state index contributed by atoms with van der Waals surface area (Å²) < 4.78 is 40.8. The van der Waals surface area contributed by atoms with Gasteiger partial charge in [-0.15, -0.1) is 0 Å². The fourth-order valence-corrected chi connectivity index (χ4v) is 2.66. The van der Waals surface area contributed by atoms with Crippen molar-refractivity contribution in [3.63, 3.8) is 0 Å². The van der Waals surface area contributed by atoms with Crippen molar-refractivity contribution in [3.05, 3.63) is 29.6 Å². The van der Waals surface area contributed by atoms with E-state index in [1.807, 2.05) is 0 Å². The Morgan fingerprint density at radius 1 is 1.26 bits per heavy atom. The van der Waals surface area contributed by atoms with Crippen molar-refractivity contribution in [2.75, 3.05) is 6.54 Å². The van der Waals surface area contributed by atoms with Crippen molar-refractivity contribution in [1.29, 1.82) is 0 Å². The van der Waals surface area contributed by atoms with Gasteiger partial charge in [-0.2, -0.15) is 13.2 Å². The topological polar surface area (TPSA) is 84.2 Å². The average molecular weight is 385 g/mol. The average Bonchev–Trinajstić information content (AvgIpc) is 2.93. The van der Waals surface area contributed by atoms with Gasteiger partial charge < -0.3 is 15.0 Å². The van der Waals surface area contributed by atoms with Crippen molar-refractivity contribution in [2.45, 2.75) is 46.3 Å². The molecular weight excluding hydrogens is 363 g/mol. The lowest BCUT2D eigenvalue weighted by Crippen LogP contribution is -2.31. The van der Waals surface area contributed by atoms with E-state index in [1.54, 1.807) is 27.7 Å². The third-order valence-electron chi connectivity index (χ3n) is 4.34. The molecule has 0 atom stereocenters. The van der Waals surface area contributed by atoms with E-state index in [4.69, 9.17) is 5.11 Å². The van der Waals surface area contributed by atoms with Crippen LogP contribution >= 0.6 is 0 Å². The van der Waals surface area contributed by atoms with Crippen molar-refractivity contribution in [2.24, 2.45) is 5.41 Å². The molecule has 2 rings (SSSR count). The highest BCUT2D eigenvalue weighted by molar-refractivity contribution is 5.97. The van der Waals surface area contributed by atoms with Crippen LogP contribution in [0.15, 0.2) is 18.2 Å². The van der Waals surface area contributed by atoms with Crippen LogP contribution in [0.3, 0.4) is 0 Å². The molecule has 1 amide bonds. The highest BCUT2D eigenvalue weighted by atomic mass is 19.4. The minimum Gasteiger partial charge on any atom is -0.481 e. The Kier molecular flexibility index (Phi) is 5.53. The van der Waals surface area contributed by atoms with Gasteiger partial charge in [0, 0.05) is 18.2 Å². The maximum Gasteiger partial charge on any atom is 0.449 e. The number of carboxylic acids is 1. The molecule has 2 N–H and O–H groups in total. The number of imidazole rings is 1. The Hall–Kier alpha value is -2.58. The summed E-state index contributed by atoms with van der Waals surface area (Å²) in [6.45, 7) is 6.47. The maximum absolute atomic E-state index is 13.2. The number of rotatable bonds is 6. The molecule has 0 aliphatic rings. The molecule has 0 aliphatic heterocycles. The highest BCUT2D eigenvalue weighted by Gasteiger charge is 2.38. The number of carboxylic acid groups (broad SMARTS) is 1. The second-order valence-electron chi connectivity index (χ2n) is 7.30. The molecular formula is C18H22F3N3O3. The van der Waals surface area contributed by atoms with E-state index in [0.29, 0.717) is 5.52 Å². The molecule has 9 heteroatoms. The number of nitrogens with one attached hydrogen (secondary N) is 1. The summed E-state index contributed by atoms with van der Waals surface area (Å²) in [5.41, 5.74) is -0.456.